The molecule has 0 heterocycles. The van der Waals surface area contributed by atoms with E-state index in [1.807, 2.05) is 13.0 Å². The molecule has 0 fully saturated rings. The molecule has 0 unspecified atom stereocenters. The Kier molecular flexibility index (Phi) is 4.35. The second kappa shape index (κ2) is 5.83. The van der Waals surface area contributed by atoms with Gasteiger partial charge in [0.1, 0.15) is 0 Å². The van der Waals surface area contributed by atoms with Gasteiger partial charge in [-0.2, -0.15) is 0 Å². The molecule has 5 heteroatoms. The molecule has 0 radical (unpaired) electrons. The maximum absolute atomic E-state index is 12.1. The van der Waals surface area contributed by atoms with Crippen LogP contribution in [0.3, 0.4) is 0 Å². The lowest BCUT2D eigenvalue weighted by Crippen LogP contribution is -2.12. The maximum atomic E-state index is 12.1. The van der Waals surface area contributed by atoms with Crippen molar-refractivity contribution in [1.29, 1.82) is 0 Å². The molecule has 0 aliphatic heterocycles. The van der Waals surface area contributed by atoms with Crippen LogP contribution in [-0.2, 0) is 0 Å². The van der Waals surface area contributed by atoms with Crippen molar-refractivity contribution in [2.45, 2.75) is 6.92 Å². The van der Waals surface area contributed by atoms with E-state index >= 15 is 0 Å². The summed E-state index contributed by atoms with van der Waals surface area (Å²) in [7, 11) is 0. The predicted octanol–water partition coefficient (Wildman–Crippen LogP) is 5.21. The topological polar surface area (TPSA) is 29.1 Å². The first-order valence-corrected chi connectivity index (χ1v) is 6.63. The van der Waals surface area contributed by atoms with Crippen molar-refractivity contribution in [2.24, 2.45) is 0 Å². The van der Waals surface area contributed by atoms with Crippen molar-refractivity contribution >= 4 is 46.4 Å². The van der Waals surface area contributed by atoms with Crippen molar-refractivity contribution in [2.75, 3.05) is 5.32 Å². The molecule has 1 amide bonds. The Hall–Kier alpha value is -1.22. The molecule has 0 aliphatic carbocycles. The second-order valence-corrected chi connectivity index (χ2v) is 5.29. The van der Waals surface area contributed by atoms with Crippen LogP contribution in [0.4, 0.5) is 5.69 Å². The predicted molar refractivity (Wildman–Crippen MR) is 80.6 cm³/mol. The number of nitrogens with one attached hydrogen (secondary N) is 1. The minimum absolute atomic E-state index is 0.289. The van der Waals surface area contributed by atoms with E-state index in [1.54, 1.807) is 30.3 Å². The standard InChI is InChI=1S/C14H10Cl3NO/c1-8-2-4-10(12(16)6-8)14(19)18-9-3-5-11(15)13(17)7-9/h2-7H,1H3,(H,18,19). The van der Waals surface area contributed by atoms with E-state index < -0.39 is 0 Å². The van der Waals surface area contributed by atoms with Crippen LogP contribution >= 0.6 is 34.8 Å². The molecule has 2 aromatic rings. The number of halogens is 3. The van der Waals surface area contributed by atoms with Crippen molar-refractivity contribution in [3.05, 3.63) is 62.6 Å². The van der Waals surface area contributed by atoms with Gasteiger partial charge in [0, 0.05) is 5.69 Å². The average molecular weight is 315 g/mol. The fourth-order valence-corrected chi connectivity index (χ4v) is 2.20. The van der Waals surface area contributed by atoms with Gasteiger partial charge in [-0.25, -0.2) is 0 Å². The third-order valence-electron chi connectivity index (χ3n) is 2.55. The van der Waals surface area contributed by atoms with E-state index in [2.05, 4.69) is 5.32 Å². The van der Waals surface area contributed by atoms with Gasteiger partial charge in [-0.05, 0) is 42.8 Å². The van der Waals surface area contributed by atoms with Gasteiger partial charge in [-0.1, -0.05) is 40.9 Å². The SMILES string of the molecule is Cc1ccc(C(=O)Nc2ccc(Cl)c(Cl)c2)c(Cl)c1. The van der Waals surface area contributed by atoms with E-state index in [9.17, 15) is 4.79 Å². The van der Waals surface area contributed by atoms with Crippen LogP contribution in [0.1, 0.15) is 15.9 Å². The van der Waals surface area contributed by atoms with Crippen LogP contribution in [0.2, 0.25) is 15.1 Å². The minimum atomic E-state index is -0.289. The van der Waals surface area contributed by atoms with E-state index in [4.69, 9.17) is 34.8 Å². The molecule has 0 saturated heterocycles. The lowest BCUT2D eigenvalue weighted by molar-refractivity contribution is 0.102. The normalized spacial score (nSPS) is 10.3. The number of anilines is 1. The summed E-state index contributed by atoms with van der Waals surface area (Å²) in [5, 5.41) is 3.96. The summed E-state index contributed by atoms with van der Waals surface area (Å²) >= 11 is 17.7. The number of carbonyl (C=O) groups excluding carboxylic acids is 1. The Morgan fingerprint density at radius 3 is 2.32 bits per heavy atom. The maximum Gasteiger partial charge on any atom is 0.257 e. The zero-order valence-corrected chi connectivity index (χ0v) is 12.3. The largest absolute Gasteiger partial charge is 0.322 e. The number of aryl methyl sites for hydroxylation is 1. The lowest BCUT2D eigenvalue weighted by Gasteiger charge is -2.08. The van der Waals surface area contributed by atoms with Crippen LogP contribution in [0, 0.1) is 6.92 Å². The number of hydrogen-bond donors (Lipinski definition) is 1. The third-order valence-corrected chi connectivity index (χ3v) is 3.60. The Morgan fingerprint density at radius 1 is 0.947 bits per heavy atom. The fraction of sp³-hybridized carbons (Fsp3) is 0.0714. The van der Waals surface area contributed by atoms with Crippen LogP contribution in [0.5, 0.6) is 0 Å². The molecule has 0 bridgehead atoms. The Bertz CT molecular complexity index is 641. The highest BCUT2D eigenvalue weighted by atomic mass is 35.5. The van der Waals surface area contributed by atoms with Crippen LogP contribution in [0.25, 0.3) is 0 Å². The van der Waals surface area contributed by atoms with Gasteiger partial charge in [-0.15, -0.1) is 0 Å². The van der Waals surface area contributed by atoms with Crippen LogP contribution < -0.4 is 5.32 Å². The molecule has 2 rings (SSSR count). The number of rotatable bonds is 2. The Balaban J connectivity index is 2.23. The minimum Gasteiger partial charge on any atom is -0.322 e. The monoisotopic (exact) mass is 313 g/mol. The molecule has 2 nitrogen and oxygen atoms in total. The lowest BCUT2D eigenvalue weighted by atomic mass is 10.1. The van der Waals surface area contributed by atoms with Gasteiger partial charge in [0.15, 0.2) is 0 Å². The van der Waals surface area contributed by atoms with Crippen molar-refractivity contribution in [3.8, 4) is 0 Å². The zero-order valence-electron chi connectivity index (χ0n) is 10.0. The quantitative estimate of drug-likeness (QED) is 0.810. The molecule has 0 aliphatic rings. The first kappa shape index (κ1) is 14.2. The van der Waals surface area contributed by atoms with Gasteiger partial charge in [0.05, 0.1) is 20.6 Å². The van der Waals surface area contributed by atoms with Gasteiger partial charge < -0.3 is 5.32 Å². The van der Waals surface area contributed by atoms with E-state index in [0.29, 0.717) is 26.3 Å². The van der Waals surface area contributed by atoms with Gasteiger partial charge in [-0.3, -0.25) is 4.79 Å². The van der Waals surface area contributed by atoms with Crippen LogP contribution in [-0.4, -0.2) is 5.91 Å². The Morgan fingerprint density at radius 2 is 1.68 bits per heavy atom. The molecule has 2 aromatic carbocycles. The highest BCUT2D eigenvalue weighted by Gasteiger charge is 2.11. The summed E-state index contributed by atoms with van der Waals surface area (Å²) in [6.07, 6.45) is 0. The number of benzene rings is 2. The number of amides is 1. The molecular formula is C14H10Cl3NO. The molecule has 0 spiro atoms. The highest BCUT2D eigenvalue weighted by Crippen LogP contribution is 2.26. The Labute approximate surface area is 126 Å². The molecule has 0 atom stereocenters. The molecule has 1 N–H and O–H groups in total. The van der Waals surface area contributed by atoms with Gasteiger partial charge in [0.2, 0.25) is 0 Å². The highest BCUT2D eigenvalue weighted by molar-refractivity contribution is 6.42. The summed E-state index contributed by atoms with van der Waals surface area (Å²) in [4.78, 5) is 12.1. The molecule has 0 aromatic heterocycles. The summed E-state index contributed by atoms with van der Waals surface area (Å²) in [5.41, 5.74) is 1.98. The van der Waals surface area contributed by atoms with Gasteiger partial charge in [0.25, 0.3) is 5.91 Å². The molecular weight excluding hydrogens is 305 g/mol. The van der Waals surface area contributed by atoms with Crippen molar-refractivity contribution in [3.63, 3.8) is 0 Å². The first-order valence-electron chi connectivity index (χ1n) is 5.50. The smallest absolute Gasteiger partial charge is 0.257 e. The summed E-state index contributed by atoms with van der Waals surface area (Å²) in [5.74, 6) is -0.289. The van der Waals surface area contributed by atoms with Crippen molar-refractivity contribution < 1.29 is 4.79 Å². The zero-order chi connectivity index (χ0) is 14.0. The number of carbonyl (C=O) groups is 1. The van der Waals surface area contributed by atoms with E-state index in [0.717, 1.165) is 5.56 Å². The summed E-state index contributed by atoms with van der Waals surface area (Å²) < 4.78 is 0. The summed E-state index contributed by atoms with van der Waals surface area (Å²) in [6.45, 7) is 1.91. The van der Waals surface area contributed by atoms with E-state index in [1.165, 1.54) is 0 Å². The molecule has 98 valence electrons. The van der Waals surface area contributed by atoms with Crippen molar-refractivity contribution in [1.82, 2.24) is 0 Å². The fourth-order valence-electron chi connectivity index (χ4n) is 1.58. The molecule has 19 heavy (non-hydrogen) atoms. The number of hydrogen-bond acceptors (Lipinski definition) is 1. The summed E-state index contributed by atoms with van der Waals surface area (Å²) in [6, 6.07) is 10.1. The van der Waals surface area contributed by atoms with Crippen LogP contribution in [0.15, 0.2) is 36.4 Å². The molecule has 0 saturated carbocycles. The third kappa shape index (κ3) is 3.41. The average Bonchev–Trinajstić information content (AvgIpc) is 2.33. The first-order chi connectivity index (χ1) is 8.97. The second-order valence-electron chi connectivity index (χ2n) is 4.07. The van der Waals surface area contributed by atoms with E-state index in [-0.39, 0.29) is 5.91 Å². The van der Waals surface area contributed by atoms with Gasteiger partial charge >= 0.3 is 0 Å².